The first-order valence-corrected chi connectivity index (χ1v) is 6.70. The Hall–Kier alpha value is -2.41. The van der Waals surface area contributed by atoms with Gasteiger partial charge in [0.15, 0.2) is 11.6 Å². The first-order valence-electron chi connectivity index (χ1n) is 5.91. The number of H-pyrrole nitrogens is 1. The maximum atomic E-state index is 14.0. The van der Waals surface area contributed by atoms with E-state index in [0.717, 1.165) is 0 Å². The summed E-state index contributed by atoms with van der Waals surface area (Å²) in [6, 6.07) is 5.66. The third kappa shape index (κ3) is 2.25. The van der Waals surface area contributed by atoms with Gasteiger partial charge in [-0.2, -0.15) is 0 Å². The molecule has 1 aromatic carbocycles. The Kier molecular flexibility index (Phi) is 3.34. The van der Waals surface area contributed by atoms with E-state index in [1.54, 1.807) is 12.3 Å². The van der Waals surface area contributed by atoms with Crippen molar-refractivity contribution in [1.29, 1.82) is 0 Å². The molecule has 0 aliphatic carbocycles. The average molecular weight is 348 g/mol. The number of nitrogens with zero attached hydrogens (tertiary/aromatic N) is 2. The number of nitrogens with one attached hydrogen (secondary N) is 1. The second-order valence-corrected chi connectivity index (χ2v) is 5.23. The number of hydrogen-bond acceptors (Lipinski definition) is 4. The summed E-state index contributed by atoms with van der Waals surface area (Å²) in [5.41, 5.74) is 0.209. The molecule has 0 saturated heterocycles. The number of fused-ring (bicyclic) bond motifs is 1. The Bertz CT molecular complexity index is 876. The highest BCUT2D eigenvalue weighted by Crippen LogP contribution is 2.26. The standard InChI is InChI=1S/C14H7BrFN3O2/c15-7-4-9-10(6-18-14(9)17-5-7)13(20)8-2-1-3-11(19-21)12(8)16/h1-6H,(H,17,18). The third-order valence-corrected chi connectivity index (χ3v) is 3.50. The van der Waals surface area contributed by atoms with Gasteiger partial charge in [0.1, 0.15) is 11.3 Å². The lowest BCUT2D eigenvalue weighted by Crippen LogP contribution is -2.03. The van der Waals surface area contributed by atoms with Crippen LogP contribution in [-0.4, -0.2) is 15.8 Å². The number of halogens is 2. The van der Waals surface area contributed by atoms with Crippen LogP contribution in [0.25, 0.3) is 11.0 Å². The molecule has 2 aromatic heterocycles. The maximum absolute atomic E-state index is 14.0. The van der Waals surface area contributed by atoms with Crippen molar-refractivity contribution in [2.24, 2.45) is 5.18 Å². The number of carbonyl (C=O) groups excluding carboxylic acids is 1. The smallest absolute Gasteiger partial charge is 0.198 e. The van der Waals surface area contributed by atoms with Crippen LogP contribution in [0.5, 0.6) is 0 Å². The van der Waals surface area contributed by atoms with E-state index in [1.807, 2.05) is 0 Å². The Morgan fingerprint density at radius 1 is 1.33 bits per heavy atom. The molecule has 0 atom stereocenters. The van der Waals surface area contributed by atoms with E-state index in [1.165, 1.54) is 24.4 Å². The highest BCUT2D eigenvalue weighted by atomic mass is 79.9. The van der Waals surface area contributed by atoms with Crippen LogP contribution in [0.2, 0.25) is 0 Å². The van der Waals surface area contributed by atoms with Crippen molar-refractivity contribution in [3.8, 4) is 0 Å². The normalized spacial score (nSPS) is 10.8. The van der Waals surface area contributed by atoms with Gasteiger partial charge in [0, 0.05) is 27.8 Å². The van der Waals surface area contributed by atoms with Gasteiger partial charge in [-0.05, 0) is 39.3 Å². The lowest BCUT2D eigenvalue weighted by Gasteiger charge is -2.02. The van der Waals surface area contributed by atoms with Crippen molar-refractivity contribution >= 4 is 38.4 Å². The summed E-state index contributed by atoms with van der Waals surface area (Å²) < 4.78 is 14.7. The molecule has 5 nitrogen and oxygen atoms in total. The predicted octanol–water partition coefficient (Wildman–Crippen LogP) is 4.09. The molecule has 3 aromatic rings. The second-order valence-electron chi connectivity index (χ2n) is 4.31. The molecule has 0 unspecified atom stereocenters. The molecule has 0 spiro atoms. The first kappa shape index (κ1) is 13.6. The molecule has 0 saturated carbocycles. The fraction of sp³-hybridized carbons (Fsp3) is 0. The zero-order chi connectivity index (χ0) is 15.0. The van der Waals surface area contributed by atoms with Gasteiger partial charge in [0.25, 0.3) is 0 Å². The van der Waals surface area contributed by atoms with Crippen LogP contribution in [0.1, 0.15) is 15.9 Å². The van der Waals surface area contributed by atoms with E-state index in [4.69, 9.17) is 0 Å². The fourth-order valence-electron chi connectivity index (χ4n) is 2.08. The minimum atomic E-state index is -0.921. The largest absolute Gasteiger partial charge is 0.345 e. The monoisotopic (exact) mass is 347 g/mol. The lowest BCUT2D eigenvalue weighted by atomic mass is 10.0. The second kappa shape index (κ2) is 5.17. The lowest BCUT2D eigenvalue weighted by molar-refractivity contribution is 0.103. The Balaban J connectivity index is 2.17. The molecule has 0 radical (unpaired) electrons. The zero-order valence-electron chi connectivity index (χ0n) is 10.4. The van der Waals surface area contributed by atoms with Gasteiger partial charge in [-0.25, -0.2) is 9.37 Å². The molecule has 21 heavy (non-hydrogen) atoms. The van der Waals surface area contributed by atoms with Crippen molar-refractivity contribution in [1.82, 2.24) is 9.97 Å². The molecule has 104 valence electrons. The van der Waals surface area contributed by atoms with Gasteiger partial charge in [0.2, 0.25) is 0 Å². The topological polar surface area (TPSA) is 75.2 Å². The van der Waals surface area contributed by atoms with Crippen LogP contribution in [0.3, 0.4) is 0 Å². The molecular formula is C14H7BrFN3O2. The highest BCUT2D eigenvalue weighted by Gasteiger charge is 2.20. The van der Waals surface area contributed by atoms with E-state index < -0.39 is 11.6 Å². The first-order chi connectivity index (χ1) is 10.1. The number of nitroso groups, excluding NO2 is 1. The van der Waals surface area contributed by atoms with E-state index in [-0.39, 0.29) is 16.8 Å². The molecule has 0 aliphatic rings. The molecule has 3 rings (SSSR count). The van der Waals surface area contributed by atoms with Crippen LogP contribution >= 0.6 is 15.9 Å². The molecule has 0 bridgehead atoms. The quantitative estimate of drug-likeness (QED) is 0.572. The minimum Gasteiger partial charge on any atom is -0.345 e. The van der Waals surface area contributed by atoms with E-state index in [0.29, 0.717) is 15.5 Å². The van der Waals surface area contributed by atoms with Crippen LogP contribution in [0, 0.1) is 10.7 Å². The minimum absolute atomic E-state index is 0.201. The average Bonchev–Trinajstić information content (AvgIpc) is 2.89. The third-order valence-electron chi connectivity index (χ3n) is 3.06. The Morgan fingerprint density at radius 3 is 2.90 bits per heavy atom. The van der Waals surface area contributed by atoms with Crippen LogP contribution in [0.4, 0.5) is 10.1 Å². The van der Waals surface area contributed by atoms with Gasteiger partial charge >= 0.3 is 0 Å². The van der Waals surface area contributed by atoms with Gasteiger partial charge in [-0.3, -0.25) is 4.79 Å². The Labute approximate surface area is 126 Å². The summed E-state index contributed by atoms with van der Waals surface area (Å²) in [6.45, 7) is 0. The Morgan fingerprint density at radius 2 is 2.14 bits per heavy atom. The van der Waals surface area contributed by atoms with Crippen LogP contribution in [-0.2, 0) is 0 Å². The molecule has 0 aliphatic heterocycles. The van der Waals surface area contributed by atoms with E-state index >= 15 is 0 Å². The number of hydrogen-bond donors (Lipinski definition) is 1. The summed E-state index contributed by atoms with van der Waals surface area (Å²) in [5.74, 6) is -1.46. The number of ketones is 1. The fourth-order valence-corrected chi connectivity index (χ4v) is 2.41. The summed E-state index contributed by atoms with van der Waals surface area (Å²) in [5, 5.41) is 3.13. The number of aromatic amines is 1. The maximum Gasteiger partial charge on any atom is 0.198 e. The number of pyridine rings is 1. The predicted molar refractivity (Wildman–Crippen MR) is 79.1 cm³/mol. The van der Waals surface area contributed by atoms with E-state index in [2.05, 4.69) is 31.1 Å². The van der Waals surface area contributed by atoms with Crippen molar-refractivity contribution < 1.29 is 9.18 Å². The summed E-state index contributed by atoms with van der Waals surface area (Å²) in [6.07, 6.45) is 3.05. The zero-order valence-corrected chi connectivity index (χ0v) is 12.0. The number of benzene rings is 1. The van der Waals surface area contributed by atoms with Gasteiger partial charge in [0.05, 0.1) is 5.56 Å². The van der Waals surface area contributed by atoms with Crippen LogP contribution in [0.15, 0.2) is 46.3 Å². The van der Waals surface area contributed by atoms with Gasteiger partial charge < -0.3 is 4.98 Å². The highest BCUT2D eigenvalue weighted by molar-refractivity contribution is 9.10. The van der Waals surface area contributed by atoms with Gasteiger partial charge in [-0.15, -0.1) is 4.91 Å². The van der Waals surface area contributed by atoms with Crippen molar-refractivity contribution in [3.05, 3.63) is 63.0 Å². The van der Waals surface area contributed by atoms with Crippen molar-refractivity contribution in [2.45, 2.75) is 0 Å². The summed E-state index contributed by atoms with van der Waals surface area (Å²) >= 11 is 3.28. The summed E-state index contributed by atoms with van der Waals surface area (Å²) in [7, 11) is 0. The molecule has 7 heteroatoms. The van der Waals surface area contributed by atoms with E-state index in [9.17, 15) is 14.1 Å². The van der Waals surface area contributed by atoms with Gasteiger partial charge in [-0.1, -0.05) is 6.07 Å². The van der Waals surface area contributed by atoms with Crippen LogP contribution < -0.4 is 0 Å². The molecule has 0 amide bonds. The molecule has 0 fully saturated rings. The van der Waals surface area contributed by atoms with Crippen molar-refractivity contribution in [3.63, 3.8) is 0 Å². The number of rotatable bonds is 3. The SMILES string of the molecule is O=Nc1cccc(C(=O)c2c[nH]c3ncc(Br)cc23)c1F. The molecule has 2 heterocycles. The number of carbonyl (C=O) groups is 1. The summed E-state index contributed by atoms with van der Waals surface area (Å²) in [4.78, 5) is 30.0. The van der Waals surface area contributed by atoms with Crippen molar-refractivity contribution in [2.75, 3.05) is 0 Å². The molecule has 1 N–H and O–H groups in total. The molecular weight excluding hydrogens is 341 g/mol. The number of aromatic nitrogens is 2.